The van der Waals surface area contributed by atoms with Crippen LogP contribution in [0.2, 0.25) is 0 Å². The highest BCUT2D eigenvalue weighted by atomic mass is 16.5. The first-order valence-electron chi connectivity index (χ1n) is 7.49. The van der Waals surface area contributed by atoms with Crippen LogP contribution >= 0.6 is 0 Å². The van der Waals surface area contributed by atoms with Gasteiger partial charge in [0.2, 0.25) is 5.90 Å². The predicted octanol–water partition coefficient (Wildman–Crippen LogP) is 2.96. The average molecular weight is 305 g/mol. The molecule has 1 fully saturated rings. The topological polar surface area (TPSA) is 88.3 Å². The molecule has 0 saturated carbocycles. The molecule has 0 radical (unpaired) electrons. The van der Waals surface area contributed by atoms with Gasteiger partial charge in [-0.05, 0) is 24.8 Å². The summed E-state index contributed by atoms with van der Waals surface area (Å²) in [6.45, 7) is 5.35. The fourth-order valence-corrected chi connectivity index (χ4v) is 2.39. The molecule has 120 valence electrons. The molecule has 6 nitrogen and oxygen atoms in total. The molecule has 2 heterocycles. The van der Waals surface area contributed by atoms with E-state index in [0.29, 0.717) is 24.5 Å². The SMILES string of the molecule is COc1cc(C(=N)OC(=N)C2CCOCC2)cnc1C(C)C. The number of aromatic nitrogens is 1. The Hall–Kier alpha value is -1.95. The van der Waals surface area contributed by atoms with E-state index in [1.165, 1.54) is 0 Å². The molecule has 1 aliphatic heterocycles. The van der Waals surface area contributed by atoms with Crippen molar-refractivity contribution in [2.45, 2.75) is 32.6 Å². The van der Waals surface area contributed by atoms with Gasteiger partial charge in [0.1, 0.15) is 5.75 Å². The van der Waals surface area contributed by atoms with Crippen LogP contribution in [0.25, 0.3) is 0 Å². The number of methoxy groups -OCH3 is 1. The van der Waals surface area contributed by atoms with Gasteiger partial charge >= 0.3 is 0 Å². The molecule has 0 aliphatic carbocycles. The molecule has 2 N–H and O–H groups in total. The van der Waals surface area contributed by atoms with Gasteiger partial charge in [0, 0.05) is 25.3 Å². The first kappa shape index (κ1) is 16.4. The lowest BCUT2D eigenvalue weighted by Crippen LogP contribution is -2.26. The van der Waals surface area contributed by atoms with Gasteiger partial charge in [0.15, 0.2) is 5.90 Å². The summed E-state index contributed by atoms with van der Waals surface area (Å²) < 4.78 is 16.0. The van der Waals surface area contributed by atoms with E-state index in [2.05, 4.69) is 4.98 Å². The van der Waals surface area contributed by atoms with Crippen LogP contribution in [0.4, 0.5) is 0 Å². The molecule has 22 heavy (non-hydrogen) atoms. The summed E-state index contributed by atoms with van der Waals surface area (Å²) in [6, 6.07) is 1.74. The molecule has 0 aromatic carbocycles. The van der Waals surface area contributed by atoms with Gasteiger partial charge in [-0.1, -0.05) is 13.8 Å². The normalized spacial score (nSPS) is 15.6. The second kappa shape index (κ2) is 7.35. The van der Waals surface area contributed by atoms with Crippen molar-refractivity contribution in [2.24, 2.45) is 5.92 Å². The maximum Gasteiger partial charge on any atom is 0.222 e. The molecule has 1 aromatic rings. The van der Waals surface area contributed by atoms with Crippen LogP contribution < -0.4 is 4.74 Å². The highest BCUT2D eigenvalue weighted by Crippen LogP contribution is 2.25. The van der Waals surface area contributed by atoms with Gasteiger partial charge in [-0.3, -0.25) is 15.8 Å². The summed E-state index contributed by atoms with van der Waals surface area (Å²) in [4.78, 5) is 4.35. The number of nitrogens with zero attached hydrogens (tertiary/aromatic N) is 1. The Morgan fingerprint density at radius 2 is 2.00 bits per heavy atom. The van der Waals surface area contributed by atoms with Crippen molar-refractivity contribution >= 4 is 11.8 Å². The van der Waals surface area contributed by atoms with Crippen molar-refractivity contribution in [2.75, 3.05) is 20.3 Å². The highest BCUT2D eigenvalue weighted by Gasteiger charge is 2.22. The lowest BCUT2D eigenvalue weighted by molar-refractivity contribution is 0.0788. The molecule has 0 atom stereocenters. The van der Waals surface area contributed by atoms with Gasteiger partial charge in [-0.2, -0.15) is 0 Å². The average Bonchev–Trinajstić information content (AvgIpc) is 2.54. The third-order valence-electron chi connectivity index (χ3n) is 3.71. The summed E-state index contributed by atoms with van der Waals surface area (Å²) in [5, 5.41) is 16.0. The van der Waals surface area contributed by atoms with E-state index in [9.17, 15) is 0 Å². The van der Waals surface area contributed by atoms with E-state index in [1.54, 1.807) is 19.4 Å². The van der Waals surface area contributed by atoms with Crippen molar-refractivity contribution in [3.63, 3.8) is 0 Å². The van der Waals surface area contributed by atoms with Gasteiger partial charge < -0.3 is 14.2 Å². The molecule has 0 bridgehead atoms. The minimum Gasteiger partial charge on any atom is -0.495 e. The zero-order valence-corrected chi connectivity index (χ0v) is 13.3. The van der Waals surface area contributed by atoms with E-state index < -0.39 is 0 Å². The summed E-state index contributed by atoms with van der Waals surface area (Å²) in [6.07, 6.45) is 3.12. The monoisotopic (exact) mass is 305 g/mol. The molecule has 1 saturated heterocycles. The largest absolute Gasteiger partial charge is 0.495 e. The number of ether oxygens (including phenoxy) is 3. The summed E-state index contributed by atoms with van der Waals surface area (Å²) in [5.41, 5.74) is 1.36. The van der Waals surface area contributed by atoms with Crippen LogP contribution in [-0.2, 0) is 9.47 Å². The van der Waals surface area contributed by atoms with Gasteiger partial charge in [0.25, 0.3) is 0 Å². The molecule has 0 unspecified atom stereocenters. The van der Waals surface area contributed by atoms with Gasteiger partial charge in [0.05, 0.1) is 18.4 Å². The predicted molar refractivity (Wildman–Crippen MR) is 84.1 cm³/mol. The molecule has 0 spiro atoms. The third kappa shape index (κ3) is 3.82. The summed E-state index contributed by atoms with van der Waals surface area (Å²) in [5.74, 6) is 0.953. The van der Waals surface area contributed by atoms with Crippen molar-refractivity contribution in [1.29, 1.82) is 10.8 Å². The molecular weight excluding hydrogens is 282 g/mol. The first-order chi connectivity index (χ1) is 10.5. The van der Waals surface area contributed by atoms with E-state index in [0.717, 1.165) is 18.5 Å². The van der Waals surface area contributed by atoms with Gasteiger partial charge in [-0.15, -0.1) is 0 Å². The fourth-order valence-electron chi connectivity index (χ4n) is 2.39. The molecule has 1 aromatic heterocycles. The standard InChI is InChI=1S/C16H23N3O3/c1-10(2)14-13(20-3)8-12(9-19-14)16(18)22-15(17)11-4-6-21-7-5-11/h8-11,17-18H,4-7H2,1-3H3. The molecule has 0 amide bonds. The van der Waals surface area contributed by atoms with E-state index >= 15 is 0 Å². The Balaban J connectivity index is 2.07. The zero-order valence-electron chi connectivity index (χ0n) is 13.3. The molecular formula is C16H23N3O3. The molecule has 6 heteroatoms. The van der Waals surface area contributed by atoms with Crippen LogP contribution in [0, 0.1) is 16.7 Å². The lowest BCUT2D eigenvalue weighted by atomic mass is 10.0. The fraction of sp³-hybridized carbons (Fsp3) is 0.562. The number of pyridine rings is 1. The number of hydrogen-bond donors (Lipinski definition) is 2. The van der Waals surface area contributed by atoms with E-state index in [-0.39, 0.29) is 23.6 Å². The number of nitrogens with one attached hydrogen (secondary N) is 2. The lowest BCUT2D eigenvalue weighted by Gasteiger charge is -2.22. The summed E-state index contributed by atoms with van der Waals surface area (Å²) >= 11 is 0. The smallest absolute Gasteiger partial charge is 0.222 e. The maximum atomic E-state index is 8.04. The number of hydrogen-bond acceptors (Lipinski definition) is 6. The quantitative estimate of drug-likeness (QED) is 0.661. The zero-order chi connectivity index (χ0) is 16.1. The van der Waals surface area contributed by atoms with Gasteiger partial charge in [-0.25, -0.2) is 0 Å². The Morgan fingerprint density at radius 1 is 1.32 bits per heavy atom. The van der Waals surface area contributed by atoms with E-state index in [4.69, 9.17) is 25.0 Å². The van der Waals surface area contributed by atoms with Crippen LogP contribution in [-0.4, -0.2) is 37.1 Å². The minimum absolute atomic E-state index is 0.0268. The Morgan fingerprint density at radius 3 is 2.59 bits per heavy atom. The van der Waals surface area contributed by atoms with Crippen molar-refractivity contribution < 1.29 is 14.2 Å². The van der Waals surface area contributed by atoms with Crippen molar-refractivity contribution in [1.82, 2.24) is 4.98 Å². The highest BCUT2D eigenvalue weighted by molar-refractivity contribution is 5.99. The van der Waals surface area contributed by atoms with Crippen LogP contribution in [0.15, 0.2) is 12.3 Å². The second-order valence-electron chi connectivity index (χ2n) is 5.65. The van der Waals surface area contributed by atoms with Crippen molar-refractivity contribution in [3.8, 4) is 5.75 Å². The molecule has 1 aliphatic rings. The second-order valence-corrected chi connectivity index (χ2v) is 5.65. The Kier molecular flexibility index (Phi) is 5.49. The maximum absolute atomic E-state index is 8.04. The van der Waals surface area contributed by atoms with Crippen LogP contribution in [0.5, 0.6) is 5.75 Å². The first-order valence-corrected chi connectivity index (χ1v) is 7.49. The van der Waals surface area contributed by atoms with Crippen LogP contribution in [0.1, 0.15) is 43.9 Å². The molecule has 2 rings (SSSR count). The van der Waals surface area contributed by atoms with Crippen molar-refractivity contribution in [3.05, 3.63) is 23.5 Å². The Bertz CT molecular complexity index is 552. The third-order valence-corrected chi connectivity index (χ3v) is 3.71. The summed E-state index contributed by atoms with van der Waals surface area (Å²) in [7, 11) is 1.58. The van der Waals surface area contributed by atoms with Crippen LogP contribution in [0.3, 0.4) is 0 Å². The number of rotatable bonds is 4. The van der Waals surface area contributed by atoms with E-state index in [1.807, 2.05) is 13.8 Å². The Labute approximate surface area is 130 Å². The minimum atomic E-state index is -0.0717.